The second kappa shape index (κ2) is 8.96. The number of amides is 4. The number of ether oxygens (including phenoxy) is 1. The van der Waals surface area contributed by atoms with Gasteiger partial charge in [-0.2, -0.15) is 0 Å². The number of benzene rings is 2. The Hall–Kier alpha value is -4.46. The highest BCUT2D eigenvalue weighted by Gasteiger charge is 2.37. The molecule has 1 fully saturated rings. The normalized spacial score (nSPS) is 15.0. The van der Waals surface area contributed by atoms with E-state index in [0.717, 1.165) is 10.5 Å². The first-order chi connectivity index (χ1) is 15.9. The molecule has 1 aromatic heterocycles. The van der Waals surface area contributed by atoms with Crippen LogP contribution in [-0.4, -0.2) is 30.4 Å². The van der Waals surface area contributed by atoms with Crippen LogP contribution in [0.2, 0.25) is 0 Å². The van der Waals surface area contributed by atoms with Gasteiger partial charge in [-0.15, -0.1) is 0 Å². The van der Waals surface area contributed by atoms with Crippen molar-refractivity contribution in [1.82, 2.24) is 5.32 Å². The molecule has 1 saturated heterocycles. The number of aryl methyl sites for hydroxylation is 1. The summed E-state index contributed by atoms with van der Waals surface area (Å²) in [5.74, 6) is -1.22. The topological polar surface area (TPSA) is 106 Å². The summed E-state index contributed by atoms with van der Waals surface area (Å²) in [7, 11) is 0. The van der Waals surface area contributed by atoms with Crippen LogP contribution in [-0.2, 0) is 14.3 Å². The molecule has 166 valence electrons. The number of esters is 1. The van der Waals surface area contributed by atoms with Gasteiger partial charge in [0.05, 0.1) is 17.9 Å². The van der Waals surface area contributed by atoms with E-state index in [9.17, 15) is 19.2 Å². The van der Waals surface area contributed by atoms with E-state index >= 15 is 0 Å². The molecule has 0 atom stereocenters. The molecule has 0 saturated carbocycles. The summed E-state index contributed by atoms with van der Waals surface area (Å²) in [6, 6.07) is 15.9. The summed E-state index contributed by atoms with van der Waals surface area (Å²) in [6.07, 6.45) is 1.29. The molecule has 0 bridgehead atoms. The summed E-state index contributed by atoms with van der Waals surface area (Å²) in [5.41, 5.74) is 2.20. The quantitative estimate of drug-likeness (QED) is 0.361. The van der Waals surface area contributed by atoms with E-state index < -0.39 is 23.8 Å². The van der Waals surface area contributed by atoms with E-state index in [1.54, 1.807) is 67.6 Å². The predicted molar refractivity (Wildman–Crippen MR) is 120 cm³/mol. The first-order valence-electron chi connectivity index (χ1n) is 10.2. The number of carbonyl (C=O) groups excluding carboxylic acids is 4. The first-order valence-corrected chi connectivity index (χ1v) is 10.2. The number of urea groups is 1. The van der Waals surface area contributed by atoms with Gasteiger partial charge in [-0.25, -0.2) is 14.5 Å². The lowest BCUT2D eigenvalue weighted by molar-refractivity contribution is -0.122. The molecule has 0 unspecified atom stereocenters. The third-order valence-corrected chi connectivity index (χ3v) is 4.99. The van der Waals surface area contributed by atoms with Crippen molar-refractivity contribution < 1.29 is 28.3 Å². The third kappa shape index (κ3) is 4.45. The van der Waals surface area contributed by atoms with Gasteiger partial charge < -0.3 is 9.15 Å². The highest BCUT2D eigenvalue weighted by molar-refractivity contribution is 6.39. The van der Waals surface area contributed by atoms with Crippen LogP contribution < -0.4 is 10.2 Å². The zero-order valence-electron chi connectivity index (χ0n) is 18.0. The average molecular weight is 444 g/mol. The molecule has 1 N–H and O–H groups in total. The standard InChI is InChI=1S/C25H20N2O6/c1-3-32-24(30)17-8-6-16(7-9-17)21-13-12-19(33-21)14-20-22(28)26-25(31)27(23(20)29)18-10-4-15(2)5-11-18/h4-14H,3H2,1-2H3,(H,26,28,31)/b20-14+. The monoisotopic (exact) mass is 444 g/mol. The molecule has 1 aliphatic heterocycles. The van der Waals surface area contributed by atoms with Gasteiger partial charge in [0.15, 0.2) is 0 Å². The number of imide groups is 2. The van der Waals surface area contributed by atoms with Crippen LogP contribution in [0.5, 0.6) is 0 Å². The van der Waals surface area contributed by atoms with Crippen LogP contribution in [0.3, 0.4) is 0 Å². The Morgan fingerprint density at radius 3 is 2.36 bits per heavy atom. The number of furan rings is 1. The van der Waals surface area contributed by atoms with Crippen LogP contribution >= 0.6 is 0 Å². The Balaban J connectivity index is 1.59. The van der Waals surface area contributed by atoms with Gasteiger partial charge >= 0.3 is 12.0 Å². The molecule has 2 heterocycles. The van der Waals surface area contributed by atoms with Crippen molar-refractivity contribution >= 4 is 35.6 Å². The van der Waals surface area contributed by atoms with Gasteiger partial charge in [0.2, 0.25) is 0 Å². The van der Waals surface area contributed by atoms with Gasteiger partial charge in [-0.1, -0.05) is 29.8 Å². The van der Waals surface area contributed by atoms with Crippen molar-refractivity contribution in [3.05, 3.63) is 83.1 Å². The molecule has 4 amide bonds. The second-order valence-electron chi connectivity index (χ2n) is 7.29. The number of rotatable bonds is 5. The lowest BCUT2D eigenvalue weighted by Crippen LogP contribution is -2.54. The molecule has 3 aromatic rings. The van der Waals surface area contributed by atoms with Crippen LogP contribution in [0.4, 0.5) is 10.5 Å². The van der Waals surface area contributed by atoms with Crippen LogP contribution in [0.15, 0.2) is 70.7 Å². The summed E-state index contributed by atoms with van der Waals surface area (Å²) < 4.78 is 10.7. The number of hydrogen-bond acceptors (Lipinski definition) is 6. The second-order valence-corrected chi connectivity index (χ2v) is 7.29. The molecule has 4 rings (SSSR count). The number of nitrogens with zero attached hydrogens (tertiary/aromatic N) is 1. The Morgan fingerprint density at radius 2 is 1.70 bits per heavy atom. The van der Waals surface area contributed by atoms with Crippen molar-refractivity contribution in [2.24, 2.45) is 0 Å². The van der Waals surface area contributed by atoms with E-state index in [1.165, 1.54) is 6.08 Å². The van der Waals surface area contributed by atoms with Gasteiger partial charge in [-0.05, 0) is 56.3 Å². The molecule has 33 heavy (non-hydrogen) atoms. The van der Waals surface area contributed by atoms with Crippen molar-refractivity contribution in [3.8, 4) is 11.3 Å². The van der Waals surface area contributed by atoms with Gasteiger partial charge in [0.25, 0.3) is 11.8 Å². The molecule has 0 spiro atoms. The summed E-state index contributed by atoms with van der Waals surface area (Å²) >= 11 is 0. The fourth-order valence-electron chi connectivity index (χ4n) is 3.30. The maximum atomic E-state index is 13.0. The minimum Gasteiger partial charge on any atom is -0.462 e. The van der Waals surface area contributed by atoms with Crippen LogP contribution in [0.1, 0.15) is 28.6 Å². The van der Waals surface area contributed by atoms with E-state index in [1.807, 2.05) is 6.92 Å². The minimum atomic E-state index is -0.812. The lowest BCUT2D eigenvalue weighted by Gasteiger charge is -2.26. The predicted octanol–water partition coefficient (Wildman–Crippen LogP) is 4.10. The number of carbonyl (C=O) groups is 4. The molecular weight excluding hydrogens is 424 g/mol. The fraction of sp³-hybridized carbons (Fsp3) is 0.120. The Bertz CT molecular complexity index is 1270. The van der Waals surface area contributed by atoms with Gasteiger partial charge in [-0.3, -0.25) is 14.9 Å². The Kier molecular flexibility index (Phi) is 5.91. The van der Waals surface area contributed by atoms with Crippen LogP contribution in [0, 0.1) is 6.92 Å². The molecule has 1 aliphatic rings. The smallest absolute Gasteiger partial charge is 0.338 e. The highest BCUT2D eigenvalue weighted by atomic mass is 16.5. The van der Waals surface area contributed by atoms with E-state index in [2.05, 4.69) is 5.32 Å². The maximum absolute atomic E-state index is 13.0. The maximum Gasteiger partial charge on any atom is 0.338 e. The van der Waals surface area contributed by atoms with Crippen LogP contribution in [0.25, 0.3) is 17.4 Å². The van der Waals surface area contributed by atoms with E-state index in [0.29, 0.717) is 22.6 Å². The molecule has 2 aromatic carbocycles. The molecule has 8 nitrogen and oxygen atoms in total. The summed E-state index contributed by atoms with van der Waals surface area (Å²) in [5, 5.41) is 2.18. The van der Waals surface area contributed by atoms with Crippen molar-refractivity contribution in [2.75, 3.05) is 11.5 Å². The number of nitrogens with one attached hydrogen (secondary N) is 1. The summed E-state index contributed by atoms with van der Waals surface area (Å²) in [4.78, 5) is 50.3. The number of hydrogen-bond donors (Lipinski definition) is 1. The number of anilines is 1. The Labute approximate surface area is 189 Å². The lowest BCUT2D eigenvalue weighted by atomic mass is 10.1. The zero-order valence-corrected chi connectivity index (χ0v) is 18.0. The average Bonchev–Trinajstić information content (AvgIpc) is 3.27. The molecule has 0 aliphatic carbocycles. The van der Waals surface area contributed by atoms with Crippen molar-refractivity contribution in [3.63, 3.8) is 0 Å². The SMILES string of the molecule is CCOC(=O)c1ccc(-c2ccc(/C=C3\C(=O)NC(=O)N(c4ccc(C)cc4)C3=O)o2)cc1. The fourth-order valence-corrected chi connectivity index (χ4v) is 3.30. The van der Waals surface area contributed by atoms with Gasteiger partial charge in [0.1, 0.15) is 17.1 Å². The number of barbiturate groups is 1. The van der Waals surface area contributed by atoms with Gasteiger partial charge in [0, 0.05) is 5.56 Å². The summed E-state index contributed by atoms with van der Waals surface area (Å²) in [6.45, 7) is 3.91. The largest absolute Gasteiger partial charge is 0.462 e. The molecule has 8 heteroatoms. The van der Waals surface area contributed by atoms with E-state index in [-0.39, 0.29) is 17.9 Å². The molecule has 0 radical (unpaired) electrons. The molecular formula is C25H20N2O6. The zero-order chi connectivity index (χ0) is 23.5. The minimum absolute atomic E-state index is 0.228. The van der Waals surface area contributed by atoms with Crippen molar-refractivity contribution in [2.45, 2.75) is 13.8 Å². The Morgan fingerprint density at radius 1 is 1.00 bits per heavy atom. The first kappa shape index (κ1) is 21.8. The third-order valence-electron chi connectivity index (χ3n) is 4.99. The van der Waals surface area contributed by atoms with Crippen molar-refractivity contribution in [1.29, 1.82) is 0 Å². The van der Waals surface area contributed by atoms with E-state index in [4.69, 9.17) is 9.15 Å². The highest BCUT2D eigenvalue weighted by Crippen LogP contribution is 2.26.